The Morgan fingerprint density at radius 3 is 2.45 bits per heavy atom. The van der Waals surface area contributed by atoms with Crippen molar-refractivity contribution in [2.75, 3.05) is 12.4 Å². The van der Waals surface area contributed by atoms with Crippen LogP contribution >= 0.6 is 15.9 Å². The van der Waals surface area contributed by atoms with Crippen LogP contribution in [0.3, 0.4) is 0 Å². The molecule has 0 spiro atoms. The van der Waals surface area contributed by atoms with Gasteiger partial charge < -0.3 is 15.4 Å². The van der Waals surface area contributed by atoms with Crippen LogP contribution in [0.1, 0.15) is 15.9 Å². The van der Waals surface area contributed by atoms with Gasteiger partial charge in [-0.2, -0.15) is 18.2 Å². The predicted molar refractivity (Wildman–Crippen MR) is 104 cm³/mol. The standard InChI is InChI=1S/C19H14BrF3N4O2/c1-24-16(28)13-4-2-3-5-15(13)29-17-14(20)10-25-18(27-17)26-12-8-6-11(7-9-12)19(21,22)23/h2-10H,1H3,(H,24,28)(H,25,26,27). The molecule has 1 aromatic heterocycles. The van der Waals surface area contributed by atoms with Crippen molar-refractivity contribution in [3.05, 3.63) is 70.3 Å². The second-order valence-corrected chi connectivity index (χ2v) is 6.58. The summed E-state index contributed by atoms with van der Waals surface area (Å²) in [5.41, 5.74) is -0.0654. The summed E-state index contributed by atoms with van der Waals surface area (Å²) in [4.78, 5) is 20.3. The number of halogens is 4. The maximum Gasteiger partial charge on any atom is 0.416 e. The average Bonchev–Trinajstić information content (AvgIpc) is 2.70. The molecule has 3 aromatic rings. The fourth-order valence-electron chi connectivity index (χ4n) is 2.34. The van der Waals surface area contributed by atoms with E-state index in [1.165, 1.54) is 25.4 Å². The van der Waals surface area contributed by atoms with E-state index in [1.807, 2.05) is 0 Å². The lowest BCUT2D eigenvalue weighted by Gasteiger charge is -2.12. The molecule has 0 unspecified atom stereocenters. The number of aromatic nitrogens is 2. The Balaban J connectivity index is 1.83. The van der Waals surface area contributed by atoms with Crippen molar-refractivity contribution in [1.29, 1.82) is 0 Å². The normalized spacial score (nSPS) is 11.1. The van der Waals surface area contributed by atoms with E-state index in [9.17, 15) is 18.0 Å². The molecule has 6 nitrogen and oxygen atoms in total. The number of carbonyl (C=O) groups is 1. The third-order valence-electron chi connectivity index (χ3n) is 3.75. The number of hydrogen-bond acceptors (Lipinski definition) is 5. The van der Waals surface area contributed by atoms with Crippen molar-refractivity contribution in [3.63, 3.8) is 0 Å². The minimum Gasteiger partial charge on any atom is -0.437 e. The molecule has 29 heavy (non-hydrogen) atoms. The Morgan fingerprint density at radius 1 is 1.10 bits per heavy atom. The van der Waals surface area contributed by atoms with Crippen molar-refractivity contribution in [2.45, 2.75) is 6.18 Å². The summed E-state index contributed by atoms with van der Waals surface area (Å²) in [6, 6.07) is 11.1. The molecule has 1 amide bonds. The van der Waals surface area contributed by atoms with Gasteiger partial charge >= 0.3 is 6.18 Å². The van der Waals surface area contributed by atoms with Gasteiger partial charge in [-0.25, -0.2) is 4.98 Å². The molecule has 3 rings (SSSR count). The third kappa shape index (κ3) is 5.02. The van der Waals surface area contributed by atoms with Crippen molar-refractivity contribution in [2.24, 2.45) is 0 Å². The van der Waals surface area contributed by atoms with Crippen LogP contribution in [0.5, 0.6) is 11.6 Å². The summed E-state index contributed by atoms with van der Waals surface area (Å²) >= 11 is 3.28. The number of alkyl halides is 3. The smallest absolute Gasteiger partial charge is 0.416 e. The summed E-state index contributed by atoms with van der Waals surface area (Å²) < 4.78 is 44.2. The van der Waals surface area contributed by atoms with E-state index in [2.05, 4.69) is 36.5 Å². The van der Waals surface area contributed by atoms with Crippen LogP contribution < -0.4 is 15.4 Å². The maximum atomic E-state index is 12.7. The van der Waals surface area contributed by atoms with Gasteiger partial charge in [0.15, 0.2) is 0 Å². The number of amides is 1. The van der Waals surface area contributed by atoms with Gasteiger partial charge in [0.1, 0.15) is 5.75 Å². The van der Waals surface area contributed by atoms with E-state index in [1.54, 1.807) is 24.3 Å². The molecular weight excluding hydrogens is 453 g/mol. The second kappa shape index (κ2) is 8.48. The van der Waals surface area contributed by atoms with Crippen LogP contribution in [0.2, 0.25) is 0 Å². The molecule has 10 heteroatoms. The Kier molecular flexibility index (Phi) is 6.02. The van der Waals surface area contributed by atoms with E-state index in [0.717, 1.165) is 12.1 Å². The number of para-hydroxylation sites is 1. The molecule has 0 aliphatic rings. The quantitative estimate of drug-likeness (QED) is 0.543. The lowest BCUT2D eigenvalue weighted by atomic mass is 10.2. The third-order valence-corrected chi connectivity index (χ3v) is 4.29. The van der Waals surface area contributed by atoms with Crippen LogP contribution in [-0.4, -0.2) is 22.9 Å². The first-order chi connectivity index (χ1) is 13.8. The first kappa shape index (κ1) is 20.6. The predicted octanol–water partition coefficient (Wildman–Crippen LogP) is 5.15. The molecule has 0 atom stereocenters. The monoisotopic (exact) mass is 466 g/mol. The summed E-state index contributed by atoms with van der Waals surface area (Å²) in [5.74, 6) is 0.201. The van der Waals surface area contributed by atoms with Crippen molar-refractivity contribution < 1.29 is 22.7 Å². The van der Waals surface area contributed by atoms with Crippen molar-refractivity contribution in [1.82, 2.24) is 15.3 Å². The largest absolute Gasteiger partial charge is 0.437 e. The zero-order valence-electron chi connectivity index (χ0n) is 14.9. The lowest BCUT2D eigenvalue weighted by Crippen LogP contribution is -2.18. The molecule has 2 aromatic carbocycles. The molecular formula is C19H14BrF3N4O2. The van der Waals surface area contributed by atoms with Crippen LogP contribution in [0.25, 0.3) is 0 Å². The molecule has 0 bridgehead atoms. The fraction of sp³-hybridized carbons (Fsp3) is 0.105. The maximum absolute atomic E-state index is 12.7. The Hall–Kier alpha value is -3.14. The molecule has 150 valence electrons. The van der Waals surface area contributed by atoms with Crippen LogP contribution in [0.15, 0.2) is 59.2 Å². The highest BCUT2D eigenvalue weighted by Gasteiger charge is 2.30. The molecule has 0 fully saturated rings. The molecule has 0 saturated heterocycles. The SMILES string of the molecule is CNC(=O)c1ccccc1Oc1nc(Nc2ccc(C(F)(F)F)cc2)ncc1Br. The van der Waals surface area contributed by atoms with Gasteiger partial charge in [-0.15, -0.1) is 0 Å². The van der Waals surface area contributed by atoms with E-state index in [0.29, 0.717) is 15.7 Å². The highest BCUT2D eigenvalue weighted by Crippen LogP contribution is 2.32. The number of ether oxygens (including phenoxy) is 1. The van der Waals surface area contributed by atoms with Gasteiger partial charge in [0, 0.05) is 12.7 Å². The molecule has 0 radical (unpaired) electrons. The number of benzene rings is 2. The van der Waals surface area contributed by atoms with Crippen LogP contribution in [-0.2, 0) is 6.18 Å². The van der Waals surface area contributed by atoms with E-state index in [-0.39, 0.29) is 23.5 Å². The van der Waals surface area contributed by atoms with Gasteiger partial charge in [-0.1, -0.05) is 12.1 Å². The number of nitrogens with zero attached hydrogens (tertiary/aromatic N) is 2. The Morgan fingerprint density at radius 2 is 1.79 bits per heavy atom. The zero-order valence-corrected chi connectivity index (χ0v) is 16.5. The van der Waals surface area contributed by atoms with E-state index < -0.39 is 11.7 Å². The average molecular weight is 467 g/mol. The van der Waals surface area contributed by atoms with Crippen molar-refractivity contribution >= 4 is 33.5 Å². The Labute approximate surface area is 172 Å². The van der Waals surface area contributed by atoms with Gasteiger partial charge in [0.25, 0.3) is 5.91 Å². The number of nitrogens with one attached hydrogen (secondary N) is 2. The highest BCUT2D eigenvalue weighted by molar-refractivity contribution is 9.10. The van der Waals surface area contributed by atoms with Gasteiger partial charge in [0.2, 0.25) is 11.8 Å². The number of carbonyl (C=O) groups excluding carboxylic acids is 1. The topological polar surface area (TPSA) is 76.1 Å². The van der Waals surface area contributed by atoms with E-state index in [4.69, 9.17) is 4.74 Å². The summed E-state index contributed by atoms with van der Waals surface area (Å²) in [6.07, 6.45) is -2.98. The molecule has 0 saturated carbocycles. The first-order valence-electron chi connectivity index (χ1n) is 8.23. The van der Waals surface area contributed by atoms with Crippen molar-refractivity contribution in [3.8, 4) is 11.6 Å². The summed E-state index contributed by atoms with van der Waals surface area (Å²) in [6.45, 7) is 0. The van der Waals surface area contributed by atoms with E-state index >= 15 is 0 Å². The molecule has 1 heterocycles. The van der Waals surface area contributed by atoms with Gasteiger partial charge in [-0.3, -0.25) is 4.79 Å². The second-order valence-electron chi connectivity index (χ2n) is 5.72. The summed E-state index contributed by atoms with van der Waals surface area (Å²) in [5, 5.41) is 5.34. The summed E-state index contributed by atoms with van der Waals surface area (Å²) in [7, 11) is 1.51. The highest BCUT2D eigenvalue weighted by atomic mass is 79.9. The van der Waals surface area contributed by atoms with Crippen LogP contribution in [0, 0.1) is 0 Å². The molecule has 0 aliphatic carbocycles. The van der Waals surface area contributed by atoms with Crippen LogP contribution in [0.4, 0.5) is 24.8 Å². The first-order valence-corrected chi connectivity index (χ1v) is 9.03. The number of rotatable bonds is 5. The number of anilines is 2. The lowest BCUT2D eigenvalue weighted by molar-refractivity contribution is -0.137. The Bertz CT molecular complexity index is 1030. The van der Waals surface area contributed by atoms with Gasteiger partial charge in [0.05, 0.1) is 21.8 Å². The molecule has 0 aliphatic heterocycles. The number of hydrogen-bond donors (Lipinski definition) is 2. The van der Waals surface area contributed by atoms with Gasteiger partial charge in [-0.05, 0) is 52.3 Å². The zero-order chi connectivity index (χ0) is 21.0. The fourth-order valence-corrected chi connectivity index (χ4v) is 2.61. The minimum absolute atomic E-state index is 0.111. The molecule has 2 N–H and O–H groups in total. The minimum atomic E-state index is -4.41.